The number of fused-ring (bicyclic) bond motifs is 1. The topological polar surface area (TPSA) is 75.9 Å². The Morgan fingerprint density at radius 2 is 1.76 bits per heavy atom. The molecule has 37 heavy (non-hydrogen) atoms. The maximum Gasteiger partial charge on any atom is 0.207 e. The lowest BCUT2D eigenvalue weighted by molar-refractivity contribution is 0.0613. The number of anilines is 1. The van der Waals surface area contributed by atoms with E-state index in [4.69, 9.17) is 0 Å². The predicted octanol–water partition coefficient (Wildman–Crippen LogP) is 6.48. The highest BCUT2D eigenvalue weighted by Crippen LogP contribution is 2.45. The van der Waals surface area contributed by atoms with Gasteiger partial charge in [-0.25, -0.2) is 9.07 Å². The summed E-state index contributed by atoms with van der Waals surface area (Å²) in [6, 6.07) is 22.8. The number of aromatic nitrogens is 4. The molecule has 0 aliphatic heterocycles. The van der Waals surface area contributed by atoms with Crippen molar-refractivity contribution in [2.24, 2.45) is 5.41 Å². The molecule has 2 unspecified atom stereocenters. The molecule has 1 saturated carbocycles. The van der Waals surface area contributed by atoms with Gasteiger partial charge in [0.25, 0.3) is 0 Å². The van der Waals surface area contributed by atoms with Crippen LogP contribution >= 0.6 is 11.3 Å². The molecule has 5 aromatic rings. The van der Waals surface area contributed by atoms with Gasteiger partial charge in [0.2, 0.25) is 5.13 Å². The highest BCUT2D eigenvalue weighted by atomic mass is 32.1. The number of rotatable bonds is 8. The molecule has 0 saturated heterocycles. The van der Waals surface area contributed by atoms with E-state index in [9.17, 15) is 9.50 Å². The van der Waals surface area contributed by atoms with E-state index in [0.717, 1.165) is 32.7 Å². The summed E-state index contributed by atoms with van der Waals surface area (Å²) in [5, 5.41) is 30.5. The van der Waals surface area contributed by atoms with E-state index in [0.29, 0.717) is 11.0 Å². The Bertz CT molecular complexity index is 1530. The van der Waals surface area contributed by atoms with Crippen LogP contribution in [0.3, 0.4) is 0 Å². The molecule has 2 N–H and O–H groups in total. The first kappa shape index (κ1) is 23.8. The summed E-state index contributed by atoms with van der Waals surface area (Å²) in [6.07, 6.45) is 3.29. The first-order valence-corrected chi connectivity index (χ1v) is 13.3. The van der Waals surface area contributed by atoms with Crippen molar-refractivity contribution in [3.05, 3.63) is 101 Å². The molecule has 8 heteroatoms. The molecule has 1 aliphatic rings. The van der Waals surface area contributed by atoms with Crippen LogP contribution in [-0.4, -0.2) is 31.3 Å². The average molecular weight is 514 g/mol. The number of benzene rings is 3. The van der Waals surface area contributed by atoms with Gasteiger partial charge in [-0.3, -0.25) is 0 Å². The second-order valence-electron chi connectivity index (χ2n) is 10.3. The van der Waals surface area contributed by atoms with Crippen LogP contribution in [0.4, 0.5) is 9.52 Å². The highest BCUT2D eigenvalue weighted by molar-refractivity contribution is 7.15. The van der Waals surface area contributed by atoms with Crippen LogP contribution < -0.4 is 5.32 Å². The van der Waals surface area contributed by atoms with Crippen LogP contribution in [0, 0.1) is 11.2 Å². The van der Waals surface area contributed by atoms with Crippen molar-refractivity contribution in [3.8, 4) is 5.69 Å². The first-order chi connectivity index (χ1) is 17.9. The summed E-state index contributed by atoms with van der Waals surface area (Å²) in [7, 11) is 0. The van der Waals surface area contributed by atoms with Crippen molar-refractivity contribution in [2.75, 3.05) is 5.32 Å². The summed E-state index contributed by atoms with van der Waals surface area (Å²) >= 11 is 1.53. The molecule has 2 aromatic heterocycles. The van der Waals surface area contributed by atoms with Gasteiger partial charge < -0.3 is 10.4 Å². The minimum atomic E-state index is -0.865. The molecule has 1 fully saturated rings. The van der Waals surface area contributed by atoms with E-state index in [2.05, 4.69) is 58.7 Å². The van der Waals surface area contributed by atoms with Crippen molar-refractivity contribution >= 4 is 27.4 Å². The van der Waals surface area contributed by atoms with Gasteiger partial charge in [0.1, 0.15) is 17.1 Å². The molecule has 0 radical (unpaired) electrons. The molecule has 6 nitrogen and oxygen atoms in total. The molecular formula is C29H28FN5OS. The summed E-state index contributed by atoms with van der Waals surface area (Å²) in [5.41, 5.74) is 3.30. The fourth-order valence-corrected chi connectivity index (χ4v) is 5.90. The predicted molar refractivity (Wildman–Crippen MR) is 145 cm³/mol. The van der Waals surface area contributed by atoms with Crippen molar-refractivity contribution in [2.45, 2.75) is 44.8 Å². The van der Waals surface area contributed by atoms with Gasteiger partial charge in [0.15, 0.2) is 0 Å². The minimum absolute atomic E-state index is 0.120. The highest BCUT2D eigenvalue weighted by Gasteiger charge is 2.39. The van der Waals surface area contributed by atoms with E-state index in [1.54, 1.807) is 12.1 Å². The Morgan fingerprint density at radius 1 is 1.00 bits per heavy atom. The fourth-order valence-electron chi connectivity index (χ4n) is 4.97. The second kappa shape index (κ2) is 9.36. The van der Waals surface area contributed by atoms with Crippen LogP contribution in [0.2, 0.25) is 0 Å². The third-order valence-electron chi connectivity index (χ3n) is 7.21. The summed E-state index contributed by atoms with van der Waals surface area (Å²) < 4.78 is 15.2. The first-order valence-electron chi connectivity index (χ1n) is 12.5. The summed E-state index contributed by atoms with van der Waals surface area (Å²) in [5.74, 6) is 0.128. The number of nitrogens with one attached hydrogen (secondary N) is 1. The second-order valence-corrected chi connectivity index (χ2v) is 11.3. The maximum absolute atomic E-state index is 13.4. The summed E-state index contributed by atoms with van der Waals surface area (Å²) in [6.45, 7) is 4.13. The van der Waals surface area contributed by atoms with Gasteiger partial charge in [0, 0.05) is 22.6 Å². The standard InChI is InChI=1S/C29H28FN5OS/c1-29(2,27(36)32-28-34-33-26(37-28)19-8-9-19)25(18-6-4-3-5-7-18)20-10-15-24-21(16-20)17-31-35(24)23-13-11-22(30)12-14-23/h3-7,10-17,19,25,27,36H,8-9H2,1-2H3,(H,32,34). The molecule has 0 bridgehead atoms. The van der Waals surface area contributed by atoms with Crippen molar-refractivity contribution in [1.82, 2.24) is 20.0 Å². The number of hydrogen-bond acceptors (Lipinski definition) is 6. The Kier molecular flexibility index (Phi) is 6.01. The van der Waals surface area contributed by atoms with E-state index in [1.165, 1.54) is 36.3 Å². The van der Waals surface area contributed by atoms with Gasteiger partial charge in [-0.2, -0.15) is 5.10 Å². The van der Waals surface area contributed by atoms with Crippen LogP contribution in [0.1, 0.15) is 54.7 Å². The van der Waals surface area contributed by atoms with E-state index >= 15 is 0 Å². The third-order valence-corrected chi connectivity index (χ3v) is 8.22. The number of aliphatic hydroxyl groups is 1. The van der Waals surface area contributed by atoms with E-state index < -0.39 is 11.6 Å². The number of halogens is 1. The zero-order chi connectivity index (χ0) is 25.6. The number of aliphatic hydroxyl groups excluding tert-OH is 1. The fraction of sp³-hybridized carbons (Fsp3) is 0.276. The molecule has 0 spiro atoms. The van der Waals surface area contributed by atoms with Crippen LogP contribution in [-0.2, 0) is 0 Å². The SMILES string of the molecule is CC(C)(C(O)Nc1nnc(C2CC2)s1)C(c1ccccc1)c1ccc2c(cnn2-c2ccc(F)cc2)c1. The van der Waals surface area contributed by atoms with Crippen molar-refractivity contribution < 1.29 is 9.50 Å². The van der Waals surface area contributed by atoms with Gasteiger partial charge >= 0.3 is 0 Å². The molecule has 1 aliphatic carbocycles. The molecule has 2 heterocycles. The summed E-state index contributed by atoms with van der Waals surface area (Å²) in [4.78, 5) is 0. The largest absolute Gasteiger partial charge is 0.373 e. The van der Waals surface area contributed by atoms with E-state index in [-0.39, 0.29) is 11.7 Å². The van der Waals surface area contributed by atoms with Crippen molar-refractivity contribution in [3.63, 3.8) is 0 Å². The van der Waals surface area contributed by atoms with Gasteiger partial charge in [-0.1, -0.05) is 61.6 Å². The lowest BCUT2D eigenvalue weighted by atomic mass is 9.70. The Morgan fingerprint density at radius 3 is 2.49 bits per heavy atom. The monoisotopic (exact) mass is 513 g/mol. The maximum atomic E-state index is 13.4. The normalized spacial score (nSPS) is 15.6. The third kappa shape index (κ3) is 4.63. The van der Waals surface area contributed by atoms with E-state index in [1.807, 2.05) is 35.1 Å². The molecule has 6 rings (SSSR count). The van der Waals surface area contributed by atoms with Crippen LogP contribution in [0.15, 0.2) is 79.0 Å². The average Bonchev–Trinajstić information content (AvgIpc) is 3.50. The Hall–Kier alpha value is -3.62. The lowest BCUT2D eigenvalue weighted by Crippen LogP contribution is -2.41. The quantitative estimate of drug-likeness (QED) is 0.232. The van der Waals surface area contributed by atoms with Crippen LogP contribution in [0.5, 0.6) is 0 Å². The lowest BCUT2D eigenvalue weighted by Gasteiger charge is -2.39. The number of nitrogens with zero attached hydrogens (tertiary/aromatic N) is 4. The van der Waals surface area contributed by atoms with Crippen molar-refractivity contribution in [1.29, 1.82) is 0 Å². The molecule has 2 atom stereocenters. The zero-order valence-electron chi connectivity index (χ0n) is 20.7. The molecule has 0 amide bonds. The van der Waals surface area contributed by atoms with Gasteiger partial charge in [0.05, 0.1) is 17.4 Å². The van der Waals surface area contributed by atoms with Gasteiger partial charge in [-0.15, -0.1) is 10.2 Å². The Labute approximate surface area is 218 Å². The minimum Gasteiger partial charge on any atom is -0.373 e. The molecule has 3 aromatic carbocycles. The zero-order valence-corrected chi connectivity index (χ0v) is 21.5. The van der Waals surface area contributed by atoms with Gasteiger partial charge in [-0.05, 0) is 60.4 Å². The molecular weight excluding hydrogens is 485 g/mol. The van der Waals surface area contributed by atoms with Crippen LogP contribution in [0.25, 0.3) is 16.6 Å². The molecule has 188 valence electrons. The Balaban J connectivity index is 1.35. The number of hydrogen-bond donors (Lipinski definition) is 2. The smallest absolute Gasteiger partial charge is 0.207 e.